The minimum atomic E-state index is -4.79. The van der Waals surface area contributed by atoms with Crippen LogP contribution in [-0.4, -0.2) is 138 Å². The van der Waals surface area contributed by atoms with Crippen LogP contribution in [0, 0.1) is 0 Å². The van der Waals surface area contributed by atoms with Crippen LogP contribution < -0.4 is 11.1 Å². The standard InChI is InChI=1S/C39H51ClF3N7O6/c1-3-55-33(51)25-46-18-20-49(21-19-46)38(2)11-16-47(17-12-38)35(52)32(24-26-22-29(39(41,42)43)34(44)30(40)23-26)56-37(54)48-13-9-28(10-14-48)50-15-8-27-6-4-5-7-31(27)45-36(50)53/h4-7,22-23,28,32H,3,8-21,24-25,44H2,1-2H3,(H,45,53). The van der Waals surface area contributed by atoms with E-state index in [1.165, 1.54) is 11.0 Å². The molecule has 4 aliphatic rings. The van der Waals surface area contributed by atoms with Gasteiger partial charge in [0.25, 0.3) is 5.91 Å². The zero-order valence-electron chi connectivity index (χ0n) is 31.9. The number of para-hydroxylation sites is 1. The number of urea groups is 1. The summed E-state index contributed by atoms with van der Waals surface area (Å²) in [6, 6.07) is 9.46. The van der Waals surface area contributed by atoms with E-state index in [0.29, 0.717) is 71.4 Å². The first-order valence-electron chi connectivity index (χ1n) is 19.3. The molecule has 0 spiro atoms. The zero-order valence-corrected chi connectivity index (χ0v) is 32.7. The Morgan fingerprint density at radius 1 is 0.982 bits per heavy atom. The fraction of sp³-hybridized carbons (Fsp3) is 0.590. The van der Waals surface area contributed by atoms with Crippen LogP contribution in [0.1, 0.15) is 56.2 Å². The number of rotatable bonds is 9. The molecular formula is C39H51ClF3N7O6. The van der Waals surface area contributed by atoms with E-state index in [4.69, 9.17) is 26.8 Å². The minimum Gasteiger partial charge on any atom is -0.465 e. The van der Waals surface area contributed by atoms with Crippen molar-refractivity contribution in [3.05, 3.63) is 58.1 Å². The van der Waals surface area contributed by atoms with Gasteiger partial charge in [-0.2, -0.15) is 13.2 Å². The fourth-order valence-corrected chi connectivity index (χ4v) is 8.52. The maximum absolute atomic E-state index is 14.2. The van der Waals surface area contributed by atoms with Gasteiger partial charge in [0.2, 0.25) is 0 Å². The summed E-state index contributed by atoms with van der Waals surface area (Å²) in [7, 11) is 0. The molecule has 2 aromatic carbocycles. The number of piperazine rings is 1. The molecule has 4 heterocycles. The number of esters is 1. The molecule has 3 fully saturated rings. The number of carbonyl (C=O) groups excluding carboxylic acids is 4. The average Bonchev–Trinajstić information content (AvgIpc) is 3.33. The van der Waals surface area contributed by atoms with E-state index < -0.39 is 35.5 Å². The summed E-state index contributed by atoms with van der Waals surface area (Å²) in [6.07, 6.45) is -4.38. The summed E-state index contributed by atoms with van der Waals surface area (Å²) in [5, 5.41) is 2.67. The number of hydrogen-bond donors (Lipinski definition) is 2. The molecule has 2 aromatic rings. The van der Waals surface area contributed by atoms with Crippen molar-refractivity contribution in [2.75, 3.05) is 83.1 Å². The molecule has 306 valence electrons. The quantitative estimate of drug-likeness (QED) is 0.262. The second-order valence-corrected chi connectivity index (χ2v) is 15.7. The molecule has 0 aromatic heterocycles. The molecular weight excluding hydrogens is 755 g/mol. The van der Waals surface area contributed by atoms with E-state index >= 15 is 0 Å². The van der Waals surface area contributed by atoms with Gasteiger partial charge in [-0.15, -0.1) is 0 Å². The second kappa shape index (κ2) is 17.5. The van der Waals surface area contributed by atoms with Crippen molar-refractivity contribution in [1.29, 1.82) is 0 Å². The van der Waals surface area contributed by atoms with Crippen molar-refractivity contribution in [1.82, 2.24) is 24.5 Å². The Morgan fingerprint density at radius 2 is 1.66 bits per heavy atom. The maximum atomic E-state index is 14.2. The van der Waals surface area contributed by atoms with Crippen LogP contribution in [-0.2, 0) is 38.1 Å². The van der Waals surface area contributed by atoms with Crippen LogP contribution in [0.3, 0.4) is 0 Å². The zero-order chi connectivity index (χ0) is 40.2. The molecule has 56 heavy (non-hydrogen) atoms. The van der Waals surface area contributed by atoms with E-state index in [0.717, 1.165) is 30.4 Å². The monoisotopic (exact) mass is 805 g/mol. The molecule has 0 saturated carbocycles. The lowest BCUT2D eigenvalue weighted by molar-refractivity contribution is -0.145. The first-order chi connectivity index (χ1) is 26.6. The number of nitrogens with two attached hydrogens (primary N) is 1. The van der Waals surface area contributed by atoms with Gasteiger partial charge in [0, 0.05) is 82.6 Å². The third kappa shape index (κ3) is 9.63. The highest BCUT2D eigenvalue weighted by Gasteiger charge is 2.42. The van der Waals surface area contributed by atoms with E-state index in [9.17, 15) is 32.3 Å². The number of piperidine rings is 2. The first-order valence-corrected chi connectivity index (χ1v) is 19.7. The Labute approximate surface area is 330 Å². The number of hydrogen-bond acceptors (Lipinski definition) is 9. The van der Waals surface area contributed by atoms with Crippen LogP contribution in [0.2, 0.25) is 5.02 Å². The Balaban J connectivity index is 1.10. The number of likely N-dealkylation sites (tertiary alicyclic amines) is 2. The number of alkyl halides is 3. The van der Waals surface area contributed by atoms with E-state index in [2.05, 4.69) is 22.0 Å². The van der Waals surface area contributed by atoms with Crippen molar-refractivity contribution in [3.8, 4) is 0 Å². The van der Waals surface area contributed by atoms with Gasteiger partial charge >= 0.3 is 24.3 Å². The van der Waals surface area contributed by atoms with Gasteiger partial charge < -0.3 is 35.2 Å². The average molecular weight is 806 g/mol. The molecule has 1 atom stereocenters. The van der Waals surface area contributed by atoms with E-state index in [-0.39, 0.29) is 60.2 Å². The minimum absolute atomic E-state index is 0.0529. The van der Waals surface area contributed by atoms with Crippen LogP contribution >= 0.6 is 11.6 Å². The number of benzene rings is 2. The van der Waals surface area contributed by atoms with Gasteiger partial charge in [-0.3, -0.25) is 19.4 Å². The smallest absolute Gasteiger partial charge is 0.418 e. The highest BCUT2D eigenvalue weighted by atomic mass is 35.5. The summed E-state index contributed by atoms with van der Waals surface area (Å²) in [6.45, 7) is 9.19. The largest absolute Gasteiger partial charge is 0.465 e. The molecule has 4 amide bonds. The van der Waals surface area contributed by atoms with E-state index in [1.54, 1.807) is 16.7 Å². The van der Waals surface area contributed by atoms with Crippen LogP contribution in [0.4, 0.5) is 34.1 Å². The second-order valence-electron chi connectivity index (χ2n) is 15.3. The number of amides is 4. The molecule has 3 saturated heterocycles. The molecule has 0 bridgehead atoms. The molecule has 3 N–H and O–H groups in total. The number of carbonyl (C=O) groups is 4. The Hall–Kier alpha value is -4.28. The Morgan fingerprint density at radius 3 is 2.32 bits per heavy atom. The first kappa shape index (κ1) is 41.4. The number of fused-ring (bicyclic) bond motifs is 1. The van der Waals surface area contributed by atoms with Crippen molar-refractivity contribution in [3.63, 3.8) is 0 Å². The molecule has 0 aliphatic carbocycles. The molecule has 6 rings (SSSR count). The lowest BCUT2D eigenvalue weighted by Gasteiger charge is -2.50. The third-order valence-electron chi connectivity index (χ3n) is 11.7. The van der Waals surface area contributed by atoms with Crippen molar-refractivity contribution < 1.29 is 41.8 Å². The van der Waals surface area contributed by atoms with Gasteiger partial charge in [0.05, 0.1) is 29.4 Å². The lowest BCUT2D eigenvalue weighted by Crippen LogP contribution is -2.60. The molecule has 0 radical (unpaired) electrons. The van der Waals surface area contributed by atoms with Crippen molar-refractivity contribution in [2.24, 2.45) is 0 Å². The predicted molar refractivity (Wildman–Crippen MR) is 204 cm³/mol. The normalized spacial score (nSPS) is 20.5. The Bertz CT molecular complexity index is 1760. The summed E-state index contributed by atoms with van der Waals surface area (Å²) in [5.41, 5.74) is 5.60. The van der Waals surface area contributed by atoms with Gasteiger partial charge in [0.1, 0.15) is 0 Å². The van der Waals surface area contributed by atoms with Crippen molar-refractivity contribution in [2.45, 2.75) is 76.2 Å². The number of nitrogens with zero attached hydrogens (tertiary/aromatic N) is 5. The van der Waals surface area contributed by atoms with E-state index in [1.807, 2.05) is 24.3 Å². The fourth-order valence-electron chi connectivity index (χ4n) is 8.28. The molecule has 1 unspecified atom stereocenters. The predicted octanol–water partition coefficient (Wildman–Crippen LogP) is 5.11. The van der Waals surface area contributed by atoms with Crippen LogP contribution in [0.5, 0.6) is 0 Å². The number of nitrogens with one attached hydrogen (secondary N) is 1. The summed E-state index contributed by atoms with van der Waals surface area (Å²) in [5.74, 6) is -0.750. The van der Waals surface area contributed by atoms with Gasteiger partial charge in [-0.1, -0.05) is 29.8 Å². The van der Waals surface area contributed by atoms with Crippen LogP contribution in [0.25, 0.3) is 0 Å². The van der Waals surface area contributed by atoms with Crippen LogP contribution in [0.15, 0.2) is 36.4 Å². The van der Waals surface area contributed by atoms with Gasteiger partial charge in [-0.05, 0) is 75.3 Å². The van der Waals surface area contributed by atoms with Crippen molar-refractivity contribution >= 4 is 47.0 Å². The topological polar surface area (TPSA) is 141 Å². The molecule has 13 nitrogen and oxygen atoms in total. The molecule has 17 heteroatoms. The van der Waals surface area contributed by atoms with Gasteiger partial charge in [-0.25, -0.2) is 9.59 Å². The maximum Gasteiger partial charge on any atom is 0.418 e. The number of nitrogen functional groups attached to an aromatic ring is 1. The molecule has 4 aliphatic heterocycles. The Kier molecular flexibility index (Phi) is 12.9. The highest BCUT2D eigenvalue weighted by Crippen LogP contribution is 2.38. The van der Waals surface area contributed by atoms with Gasteiger partial charge in [0.15, 0.2) is 6.10 Å². The number of ether oxygens (including phenoxy) is 2. The SMILES string of the molecule is CCOC(=O)CN1CCN(C2(C)CCN(C(=O)C(Cc3cc(Cl)c(N)c(C(F)(F)F)c3)OC(=O)N3CCC(N4CCc5ccccc5NC4=O)CC3)CC2)CC1. The summed E-state index contributed by atoms with van der Waals surface area (Å²) in [4.78, 5) is 62.3. The lowest BCUT2D eigenvalue weighted by atomic mass is 9.86. The highest BCUT2D eigenvalue weighted by molar-refractivity contribution is 6.33. The number of anilines is 2. The summed E-state index contributed by atoms with van der Waals surface area (Å²) < 4.78 is 52.7. The number of halogens is 4. The third-order valence-corrected chi connectivity index (χ3v) is 12.0. The summed E-state index contributed by atoms with van der Waals surface area (Å²) >= 11 is 6.14.